The summed E-state index contributed by atoms with van der Waals surface area (Å²) in [5.41, 5.74) is 0.709. The number of fused-ring (bicyclic) bond motifs is 18. The first-order valence-electron chi connectivity index (χ1n) is 39.8. The molecule has 9 aromatic heterocycles. The third kappa shape index (κ3) is 17.8. The van der Waals surface area contributed by atoms with Gasteiger partial charge in [0.15, 0.2) is 32.5 Å². The summed E-state index contributed by atoms with van der Waals surface area (Å²) in [6.45, 7) is 24.9. The van der Waals surface area contributed by atoms with E-state index in [-0.39, 0.29) is 66.1 Å². The molecule has 9 aromatic rings. The minimum absolute atomic E-state index is 0.167. The maximum absolute atomic E-state index is 13.4. The topological polar surface area (TPSA) is 394 Å². The third-order valence-corrected chi connectivity index (χ3v) is 27.6. The molecule has 18 rings (SSSR count). The zero-order valence-corrected chi connectivity index (χ0v) is 69.5. The van der Waals surface area contributed by atoms with E-state index >= 15 is 0 Å². The molecular weight excluding hydrogens is 1560 g/mol. The predicted octanol–water partition coefficient (Wildman–Crippen LogP) is 10.1. The number of sulfonamides is 3. The Morgan fingerprint density at radius 2 is 0.641 bits per heavy atom. The van der Waals surface area contributed by atoms with Crippen molar-refractivity contribution in [2.75, 3.05) is 89.7 Å². The number of nitrogens with one attached hydrogen (secondary N) is 6. The normalized spacial score (nSPS) is 22.4. The number of aromatic nitrogens is 12. The fourth-order valence-electron chi connectivity index (χ4n) is 16.1. The molecule has 0 radical (unpaired) electrons. The van der Waals surface area contributed by atoms with Crippen LogP contribution in [0.15, 0.2) is 143 Å². The fraction of sp³-hybridized carbons (Fsp3) is 0.481. The minimum Gasteiger partial charge on any atom is -0.477 e. The van der Waals surface area contributed by atoms with E-state index in [0.717, 1.165) is 38.5 Å². The van der Waals surface area contributed by atoms with Crippen LogP contribution in [0.5, 0.6) is 17.6 Å². The lowest BCUT2D eigenvalue weighted by molar-refractivity contribution is 0.0972. The van der Waals surface area contributed by atoms with Crippen molar-refractivity contribution in [3.05, 3.63) is 144 Å². The lowest BCUT2D eigenvalue weighted by atomic mass is 9.96. The highest BCUT2D eigenvalue weighted by Gasteiger charge is 2.46. The Balaban J connectivity index is 0.000000131. The molecule has 15 heterocycles. The van der Waals surface area contributed by atoms with Crippen LogP contribution in [-0.2, 0) is 30.1 Å². The van der Waals surface area contributed by atoms with Gasteiger partial charge < -0.3 is 44.9 Å². The lowest BCUT2D eigenvalue weighted by Gasteiger charge is -2.34. The fourth-order valence-corrected chi connectivity index (χ4v) is 18.9. The van der Waals surface area contributed by atoms with Gasteiger partial charge in [-0.15, -0.1) is 15.3 Å². The molecule has 12 bridgehead atoms. The van der Waals surface area contributed by atoms with Crippen molar-refractivity contribution in [3.8, 4) is 35.1 Å². The number of hydrogen-bond donors (Lipinski definition) is 6. The summed E-state index contributed by atoms with van der Waals surface area (Å²) in [7, 11) is -12.6. The standard InChI is InChI=1S/3C27H33N7O4S/c3*1-26(2)15-18-16-28-20-5-4-6-23(29-20)39(36,37)32-25(35)19-7-8-21(30-24(19)33(26)17-18)34-13-9-22(31-34)38-14-12-27(3)10-11-27/h3*4-9,13,18H,10-12,14-17H2,1-3H3,(H,28,29)(H,32,35). The van der Waals surface area contributed by atoms with Crippen LogP contribution in [0.4, 0.5) is 34.9 Å². The van der Waals surface area contributed by atoms with E-state index in [1.807, 2.05) is 0 Å². The predicted molar refractivity (Wildman–Crippen MR) is 437 cm³/mol. The molecule has 3 saturated carbocycles. The second kappa shape index (κ2) is 30.5. The van der Waals surface area contributed by atoms with Crippen molar-refractivity contribution in [2.45, 2.75) is 171 Å². The number of anilines is 6. The van der Waals surface area contributed by atoms with Gasteiger partial charge in [0.1, 0.15) is 34.9 Å². The number of carbonyl (C=O) groups is 3. The molecule has 33 nitrogen and oxygen atoms in total. The molecule has 3 amide bonds. The average Bonchev–Trinajstić information content (AvgIpc) is 1.66. The molecule has 618 valence electrons. The van der Waals surface area contributed by atoms with Crippen LogP contribution in [0.3, 0.4) is 0 Å². The summed E-state index contributed by atoms with van der Waals surface area (Å²) in [4.78, 5) is 73.8. The number of pyridine rings is 6. The summed E-state index contributed by atoms with van der Waals surface area (Å²) in [5, 5.41) is 22.7. The van der Waals surface area contributed by atoms with Gasteiger partial charge in [0.2, 0.25) is 17.6 Å². The van der Waals surface area contributed by atoms with Crippen molar-refractivity contribution in [3.63, 3.8) is 0 Å². The van der Waals surface area contributed by atoms with Gasteiger partial charge in [-0.05, 0) is 225 Å². The van der Waals surface area contributed by atoms with E-state index in [0.29, 0.717) is 145 Å². The first-order chi connectivity index (χ1) is 55.5. The Bertz CT molecular complexity index is 5140. The Kier molecular flexibility index (Phi) is 20.8. The van der Waals surface area contributed by atoms with Crippen molar-refractivity contribution >= 4 is 82.7 Å². The number of rotatable bonds is 15. The summed E-state index contributed by atoms with van der Waals surface area (Å²) >= 11 is 0. The second-order valence-electron chi connectivity index (χ2n) is 35.2. The van der Waals surface area contributed by atoms with Crippen molar-refractivity contribution in [1.82, 2.24) is 73.4 Å². The smallest absolute Gasteiger partial charge is 0.281 e. The Morgan fingerprint density at radius 3 is 0.906 bits per heavy atom. The van der Waals surface area contributed by atoms with E-state index in [1.54, 1.807) is 124 Å². The van der Waals surface area contributed by atoms with Crippen LogP contribution in [0.1, 0.15) is 170 Å². The van der Waals surface area contributed by atoms with Gasteiger partial charge in [-0.2, -0.15) is 25.3 Å². The number of hydrogen-bond acceptors (Lipinski definition) is 27. The minimum atomic E-state index is -4.20. The highest BCUT2D eigenvalue weighted by molar-refractivity contribution is 7.90. The van der Waals surface area contributed by atoms with Gasteiger partial charge in [0, 0.05) is 92.7 Å². The molecule has 6 N–H and O–H groups in total. The zero-order chi connectivity index (χ0) is 82.2. The van der Waals surface area contributed by atoms with Gasteiger partial charge >= 0.3 is 0 Å². The van der Waals surface area contributed by atoms with Gasteiger partial charge in [0.25, 0.3) is 47.8 Å². The average molecular weight is 1660 g/mol. The van der Waals surface area contributed by atoms with E-state index in [2.05, 4.69) is 137 Å². The molecule has 9 aliphatic rings. The van der Waals surface area contributed by atoms with Gasteiger partial charge in [-0.3, -0.25) is 14.4 Å². The van der Waals surface area contributed by atoms with Crippen LogP contribution in [0.25, 0.3) is 17.5 Å². The largest absolute Gasteiger partial charge is 0.477 e. The molecule has 0 spiro atoms. The summed E-state index contributed by atoms with van der Waals surface area (Å²) < 4.78 is 107. The maximum Gasteiger partial charge on any atom is 0.281 e. The Labute approximate surface area is 680 Å². The highest BCUT2D eigenvalue weighted by atomic mass is 32.2. The number of ether oxygens (including phenoxy) is 3. The molecule has 117 heavy (non-hydrogen) atoms. The first-order valence-corrected chi connectivity index (χ1v) is 44.3. The van der Waals surface area contributed by atoms with Crippen LogP contribution in [0.2, 0.25) is 0 Å². The number of amides is 3. The van der Waals surface area contributed by atoms with Gasteiger partial charge in [-0.1, -0.05) is 39.0 Å². The summed E-state index contributed by atoms with van der Waals surface area (Å²) in [6, 6.07) is 29.2. The molecule has 3 aliphatic carbocycles. The molecule has 3 saturated heterocycles. The Hall–Kier alpha value is -11.0. The zero-order valence-electron chi connectivity index (χ0n) is 67.0. The number of carbonyl (C=O) groups excluding carboxylic acids is 3. The molecule has 36 heteroatoms. The summed E-state index contributed by atoms with van der Waals surface area (Å²) in [5.74, 6) is 3.99. The second-order valence-corrected chi connectivity index (χ2v) is 40.0. The monoisotopic (exact) mass is 1650 g/mol. The number of nitrogens with zero attached hydrogens (tertiary/aromatic N) is 15. The quantitative estimate of drug-likeness (QED) is 0.0555. The molecule has 3 unspecified atom stereocenters. The third-order valence-electron chi connectivity index (χ3n) is 23.9. The van der Waals surface area contributed by atoms with E-state index in [1.165, 1.54) is 56.7 Å². The lowest BCUT2D eigenvalue weighted by Crippen LogP contribution is -2.41. The molecule has 6 fully saturated rings. The van der Waals surface area contributed by atoms with Crippen molar-refractivity contribution in [1.29, 1.82) is 0 Å². The Morgan fingerprint density at radius 1 is 0.368 bits per heavy atom. The van der Waals surface area contributed by atoms with Crippen LogP contribution in [-0.4, -0.2) is 178 Å². The maximum atomic E-state index is 13.4. The molecule has 0 aromatic carbocycles. The van der Waals surface area contributed by atoms with Crippen LogP contribution >= 0.6 is 0 Å². The van der Waals surface area contributed by atoms with Crippen molar-refractivity contribution < 1.29 is 53.8 Å². The molecule has 3 atom stereocenters. The molecule has 6 aliphatic heterocycles. The van der Waals surface area contributed by atoms with Crippen LogP contribution in [0, 0.1) is 34.0 Å². The van der Waals surface area contributed by atoms with Crippen LogP contribution < -0.4 is 59.0 Å². The molecular formula is C81H99N21O12S3. The van der Waals surface area contributed by atoms with Crippen molar-refractivity contribution in [2.24, 2.45) is 34.0 Å². The van der Waals surface area contributed by atoms with E-state index < -0.39 is 47.8 Å². The van der Waals surface area contributed by atoms with Gasteiger partial charge in [-0.25, -0.2) is 58.1 Å². The highest BCUT2D eigenvalue weighted by Crippen LogP contribution is 2.50. The first kappa shape index (κ1) is 79.8. The SMILES string of the molecule is CC1(CCOc2ccn(-c3ccc4c(n3)N3CC(CNc5cccc(n5)S(=O)(=O)NC4=O)CC3(C)C)n2)CC1.CC1(CCOc2ccn(-c3ccc4c(n3)N3CC(CNc5cccc(n5)S(=O)(=O)NC4=O)CC3(C)C)n2)CC1.CC1(CCOc2ccn(-c3ccc4c(n3)N3CC(CNc5cccc(n5)S(=O)(=O)NC4=O)CC3(C)C)n2)CC1. The summed E-state index contributed by atoms with van der Waals surface area (Å²) in [6.07, 6.45) is 18.3. The van der Waals surface area contributed by atoms with E-state index in [9.17, 15) is 39.6 Å². The van der Waals surface area contributed by atoms with E-state index in [4.69, 9.17) is 29.2 Å². The van der Waals surface area contributed by atoms with Gasteiger partial charge in [0.05, 0.1) is 36.5 Å².